The first kappa shape index (κ1) is 23.6. The van der Waals surface area contributed by atoms with Crippen molar-refractivity contribution in [1.82, 2.24) is 9.80 Å². The molecule has 0 N–H and O–H groups in total. The topological polar surface area (TPSA) is 42.0 Å². The number of aryl methyl sites for hydroxylation is 1. The summed E-state index contributed by atoms with van der Waals surface area (Å²) in [4.78, 5) is 16.6. The molecule has 1 fully saturated rings. The predicted molar refractivity (Wildman–Crippen MR) is 131 cm³/mol. The minimum Gasteiger partial charge on any atom is -0.493 e. The van der Waals surface area contributed by atoms with Gasteiger partial charge in [-0.05, 0) is 87.7 Å². The quantitative estimate of drug-likeness (QED) is 0.589. The Hall–Kier alpha value is -2.53. The highest BCUT2D eigenvalue weighted by molar-refractivity contribution is 5.68. The lowest BCUT2D eigenvalue weighted by Crippen LogP contribution is -2.42. The van der Waals surface area contributed by atoms with Crippen LogP contribution in [0.4, 0.5) is 4.79 Å². The van der Waals surface area contributed by atoms with Crippen LogP contribution in [0.25, 0.3) is 0 Å². The number of hydrogen-bond acceptors (Lipinski definition) is 4. The molecule has 0 bridgehead atoms. The number of carbonyl (C=O) groups excluding carboxylic acids is 1. The van der Waals surface area contributed by atoms with Gasteiger partial charge < -0.3 is 14.4 Å². The maximum Gasteiger partial charge on any atom is 0.410 e. The SMILES string of the molecule is CC(C)(C)OC(=O)N1CCC(COc2ccc3c(c2)CCCN(Cc2ccccc2)C3)CC1. The van der Waals surface area contributed by atoms with E-state index in [9.17, 15) is 4.79 Å². The van der Waals surface area contributed by atoms with Crippen LogP contribution < -0.4 is 4.74 Å². The van der Waals surface area contributed by atoms with Crippen molar-refractivity contribution in [1.29, 1.82) is 0 Å². The standard InChI is InChI=1S/C28H38N2O3/c1-28(2,3)33-27(31)30-16-13-23(14-17-30)21-32-26-12-11-25-20-29(15-7-10-24(25)18-26)19-22-8-5-4-6-9-22/h4-6,8-9,11-12,18,23H,7,10,13-17,19-21H2,1-3H3. The van der Waals surface area contributed by atoms with Gasteiger partial charge in [0.15, 0.2) is 0 Å². The minimum absolute atomic E-state index is 0.200. The van der Waals surface area contributed by atoms with Crippen molar-refractivity contribution >= 4 is 6.09 Å². The number of amides is 1. The van der Waals surface area contributed by atoms with Crippen LogP contribution in [0.5, 0.6) is 5.75 Å². The fraction of sp³-hybridized carbons (Fsp3) is 0.536. The van der Waals surface area contributed by atoms with E-state index in [1.807, 2.05) is 25.7 Å². The Morgan fingerprint density at radius 3 is 2.48 bits per heavy atom. The Labute approximate surface area is 198 Å². The summed E-state index contributed by atoms with van der Waals surface area (Å²) in [6.45, 7) is 11.0. The minimum atomic E-state index is -0.444. The smallest absolute Gasteiger partial charge is 0.410 e. The van der Waals surface area contributed by atoms with Crippen molar-refractivity contribution in [3.63, 3.8) is 0 Å². The number of likely N-dealkylation sites (tertiary alicyclic amines) is 1. The van der Waals surface area contributed by atoms with Crippen LogP contribution in [0.3, 0.4) is 0 Å². The third-order valence-electron chi connectivity index (χ3n) is 6.49. The highest BCUT2D eigenvalue weighted by Gasteiger charge is 2.27. The Morgan fingerprint density at radius 2 is 1.76 bits per heavy atom. The molecule has 4 rings (SSSR count). The number of fused-ring (bicyclic) bond motifs is 1. The number of piperidine rings is 1. The van der Waals surface area contributed by atoms with Crippen molar-refractivity contribution in [3.05, 3.63) is 65.2 Å². The monoisotopic (exact) mass is 450 g/mol. The van der Waals surface area contributed by atoms with Crippen LogP contribution in [-0.2, 0) is 24.2 Å². The molecule has 0 unspecified atom stereocenters. The molecule has 2 aromatic rings. The van der Waals surface area contributed by atoms with Gasteiger partial charge in [-0.2, -0.15) is 0 Å². The lowest BCUT2D eigenvalue weighted by molar-refractivity contribution is 0.0165. The first-order chi connectivity index (χ1) is 15.9. The Kier molecular flexibility index (Phi) is 7.59. The van der Waals surface area contributed by atoms with E-state index in [0.29, 0.717) is 12.5 Å². The zero-order chi connectivity index (χ0) is 23.3. The highest BCUT2D eigenvalue weighted by Crippen LogP contribution is 2.26. The van der Waals surface area contributed by atoms with Gasteiger partial charge >= 0.3 is 6.09 Å². The number of ether oxygens (including phenoxy) is 2. The first-order valence-corrected chi connectivity index (χ1v) is 12.3. The van der Waals surface area contributed by atoms with E-state index in [1.54, 1.807) is 0 Å². The van der Waals surface area contributed by atoms with Crippen LogP contribution in [0.2, 0.25) is 0 Å². The Bertz CT molecular complexity index is 914. The van der Waals surface area contributed by atoms with Crippen molar-refractivity contribution < 1.29 is 14.3 Å². The third-order valence-corrected chi connectivity index (χ3v) is 6.49. The van der Waals surface area contributed by atoms with E-state index >= 15 is 0 Å². The Morgan fingerprint density at radius 1 is 1.00 bits per heavy atom. The van der Waals surface area contributed by atoms with Gasteiger partial charge in [0.1, 0.15) is 11.4 Å². The zero-order valence-electron chi connectivity index (χ0n) is 20.4. The van der Waals surface area contributed by atoms with E-state index in [-0.39, 0.29) is 6.09 Å². The molecule has 0 radical (unpaired) electrons. The lowest BCUT2D eigenvalue weighted by Gasteiger charge is -2.33. The highest BCUT2D eigenvalue weighted by atomic mass is 16.6. The molecule has 0 aliphatic carbocycles. The van der Waals surface area contributed by atoms with Gasteiger partial charge in [0.05, 0.1) is 6.61 Å². The van der Waals surface area contributed by atoms with Gasteiger partial charge in [-0.15, -0.1) is 0 Å². The average Bonchev–Trinajstić information content (AvgIpc) is 2.99. The largest absolute Gasteiger partial charge is 0.493 e. The molecule has 0 spiro atoms. The summed E-state index contributed by atoms with van der Waals surface area (Å²) in [6, 6.07) is 17.4. The maximum absolute atomic E-state index is 12.3. The summed E-state index contributed by atoms with van der Waals surface area (Å²) in [5.74, 6) is 1.45. The summed E-state index contributed by atoms with van der Waals surface area (Å²) in [5.41, 5.74) is 3.77. The number of rotatable bonds is 5. The summed E-state index contributed by atoms with van der Waals surface area (Å²) in [5, 5.41) is 0. The van der Waals surface area contributed by atoms with Crippen molar-refractivity contribution in [2.45, 2.75) is 65.1 Å². The van der Waals surface area contributed by atoms with Gasteiger partial charge in [-0.25, -0.2) is 4.79 Å². The molecule has 2 heterocycles. The number of hydrogen-bond donors (Lipinski definition) is 0. The van der Waals surface area contributed by atoms with E-state index in [1.165, 1.54) is 23.1 Å². The molecular formula is C28H38N2O3. The number of nitrogens with zero attached hydrogens (tertiary/aromatic N) is 2. The van der Waals surface area contributed by atoms with Crippen LogP contribution in [0, 0.1) is 5.92 Å². The van der Waals surface area contributed by atoms with Gasteiger partial charge in [0.2, 0.25) is 0 Å². The number of benzene rings is 2. The predicted octanol–water partition coefficient (Wildman–Crippen LogP) is 5.66. The lowest BCUT2D eigenvalue weighted by atomic mass is 9.98. The van der Waals surface area contributed by atoms with Crippen LogP contribution in [0.1, 0.15) is 56.7 Å². The molecule has 1 amide bonds. The molecule has 5 heteroatoms. The second kappa shape index (κ2) is 10.6. The molecular weight excluding hydrogens is 412 g/mol. The molecule has 2 aromatic carbocycles. The van der Waals surface area contributed by atoms with E-state index in [0.717, 1.165) is 57.7 Å². The second-order valence-electron chi connectivity index (χ2n) is 10.5. The van der Waals surface area contributed by atoms with Gasteiger partial charge in [0, 0.05) is 26.2 Å². The molecule has 5 nitrogen and oxygen atoms in total. The Balaban J connectivity index is 1.26. The first-order valence-electron chi connectivity index (χ1n) is 12.3. The normalized spacial score (nSPS) is 17.8. The fourth-order valence-corrected chi connectivity index (χ4v) is 4.69. The third kappa shape index (κ3) is 6.97. The molecule has 0 aromatic heterocycles. The summed E-state index contributed by atoms with van der Waals surface area (Å²) in [7, 11) is 0. The van der Waals surface area contributed by atoms with Gasteiger partial charge in [-0.3, -0.25) is 4.90 Å². The molecule has 2 aliphatic rings. The van der Waals surface area contributed by atoms with Crippen molar-refractivity contribution in [2.75, 3.05) is 26.2 Å². The second-order valence-corrected chi connectivity index (χ2v) is 10.5. The fourth-order valence-electron chi connectivity index (χ4n) is 4.69. The summed E-state index contributed by atoms with van der Waals surface area (Å²) in [6.07, 6.45) is 3.99. The summed E-state index contributed by atoms with van der Waals surface area (Å²) < 4.78 is 11.7. The number of carbonyl (C=O) groups is 1. The molecule has 2 aliphatic heterocycles. The van der Waals surface area contributed by atoms with Crippen molar-refractivity contribution in [2.24, 2.45) is 5.92 Å². The van der Waals surface area contributed by atoms with E-state index in [4.69, 9.17) is 9.47 Å². The zero-order valence-corrected chi connectivity index (χ0v) is 20.4. The van der Waals surface area contributed by atoms with Crippen molar-refractivity contribution in [3.8, 4) is 5.75 Å². The molecule has 33 heavy (non-hydrogen) atoms. The van der Waals surface area contributed by atoms with Crippen LogP contribution in [-0.4, -0.2) is 47.7 Å². The van der Waals surface area contributed by atoms with Crippen LogP contribution in [0.15, 0.2) is 48.5 Å². The van der Waals surface area contributed by atoms with Crippen LogP contribution >= 0.6 is 0 Å². The van der Waals surface area contributed by atoms with Gasteiger partial charge in [0.25, 0.3) is 0 Å². The average molecular weight is 451 g/mol. The summed E-state index contributed by atoms with van der Waals surface area (Å²) >= 11 is 0. The molecule has 0 atom stereocenters. The van der Waals surface area contributed by atoms with Gasteiger partial charge in [-0.1, -0.05) is 36.4 Å². The molecule has 1 saturated heterocycles. The van der Waals surface area contributed by atoms with E-state index < -0.39 is 5.60 Å². The molecule has 178 valence electrons. The maximum atomic E-state index is 12.3. The molecule has 0 saturated carbocycles. The van der Waals surface area contributed by atoms with E-state index in [2.05, 4.69) is 53.4 Å².